The van der Waals surface area contributed by atoms with Crippen LogP contribution in [0.5, 0.6) is 0 Å². The van der Waals surface area contributed by atoms with E-state index in [-0.39, 0.29) is 5.54 Å². The topological polar surface area (TPSA) is 12.5 Å². The van der Waals surface area contributed by atoms with E-state index in [0.29, 0.717) is 0 Å². The van der Waals surface area contributed by atoms with Crippen LogP contribution in [0.25, 0.3) is 0 Å². The van der Waals surface area contributed by atoms with Gasteiger partial charge in [0.1, 0.15) is 0 Å². The minimum absolute atomic E-state index is 0.264. The highest BCUT2D eigenvalue weighted by molar-refractivity contribution is 14.1. The van der Waals surface area contributed by atoms with Gasteiger partial charge in [-0.15, -0.1) is 0 Å². The molecule has 2 nitrogen and oxygen atoms in total. The average molecular weight is 271 g/mol. The van der Waals surface area contributed by atoms with Gasteiger partial charge in [0.2, 0.25) is 0 Å². The maximum Gasteiger partial charge on any atom is 0.0590 e. The van der Waals surface area contributed by atoms with Crippen molar-refractivity contribution in [1.82, 2.24) is 4.90 Å². The fraction of sp³-hybridized carbons (Fsp3) is 1.00. The second kappa shape index (κ2) is 5.32. The quantitative estimate of drug-likeness (QED) is 0.441. The molecule has 0 aromatic rings. The standard InChI is InChI=1S/C8H18INO/c1-8(2,3)10(7-9)5-6-11-4/h5-7H2,1-4H3. The molecule has 0 aromatic carbocycles. The number of hydrogen-bond acceptors (Lipinski definition) is 2. The largest absolute Gasteiger partial charge is 0.383 e. The molecule has 0 N–H and O–H groups in total. The van der Waals surface area contributed by atoms with Crippen molar-refractivity contribution in [3.05, 3.63) is 0 Å². The van der Waals surface area contributed by atoms with Crippen LogP contribution in [0.3, 0.4) is 0 Å². The zero-order valence-corrected chi connectivity index (χ0v) is 10.0. The van der Waals surface area contributed by atoms with Crippen LogP contribution in [0, 0.1) is 0 Å². The lowest BCUT2D eigenvalue weighted by Gasteiger charge is -2.33. The fourth-order valence-electron chi connectivity index (χ4n) is 0.776. The number of hydrogen-bond donors (Lipinski definition) is 0. The molecule has 0 atom stereocenters. The van der Waals surface area contributed by atoms with Crippen molar-refractivity contribution in [2.24, 2.45) is 0 Å². The summed E-state index contributed by atoms with van der Waals surface area (Å²) in [4.78, 5) is 2.39. The van der Waals surface area contributed by atoms with E-state index in [9.17, 15) is 0 Å². The van der Waals surface area contributed by atoms with E-state index in [2.05, 4.69) is 48.3 Å². The summed E-state index contributed by atoms with van der Waals surface area (Å²) in [5.41, 5.74) is 0.264. The van der Waals surface area contributed by atoms with Crippen LogP contribution in [0.2, 0.25) is 0 Å². The highest BCUT2D eigenvalue weighted by Crippen LogP contribution is 2.13. The molecule has 68 valence electrons. The van der Waals surface area contributed by atoms with E-state index < -0.39 is 0 Å². The summed E-state index contributed by atoms with van der Waals surface area (Å²) in [6.07, 6.45) is 0. The van der Waals surface area contributed by atoms with Gasteiger partial charge in [0.05, 0.1) is 11.2 Å². The van der Waals surface area contributed by atoms with Crippen LogP contribution >= 0.6 is 22.6 Å². The molecule has 0 aromatic heterocycles. The monoisotopic (exact) mass is 271 g/mol. The molecule has 11 heavy (non-hydrogen) atoms. The summed E-state index contributed by atoms with van der Waals surface area (Å²) >= 11 is 2.38. The van der Waals surface area contributed by atoms with Crippen LogP contribution in [-0.4, -0.2) is 35.3 Å². The molecule has 0 aliphatic carbocycles. The molecule has 0 unspecified atom stereocenters. The van der Waals surface area contributed by atoms with Crippen molar-refractivity contribution in [3.8, 4) is 0 Å². The SMILES string of the molecule is COCCN(CI)C(C)(C)C. The maximum atomic E-state index is 5.02. The summed E-state index contributed by atoms with van der Waals surface area (Å²) in [5, 5.41) is 0. The van der Waals surface area contributed by atoms with Gasteiger partial charge in [-0.2, -0.15) is 0 Å². The fourth-order valence-corrected chi connectivity index (χ4v) is 2.14. The van der Waals surface area contributed by atoms with Crippen LogP contribution in [0.4, 0.5) is 0 Å². The molecule has 0 radical (unpaired) electrons. The second-order valence-electron chi connectivity index (χ2n) is 3.55. The molecule has 0 fully saturated rings. The Morgan fingerprint density at radius 2 is 1.91 bits per heavy atom. The first-order valence-electron chi connectivity index (χ1n) is 3.82. The molecule has 0 aliphatic rings. The zero-order chi connectivity index (χ0) is 8.91. The van der Waals surface area contributed by atoms with E-state index >= 15 is 0 Å². The summed E-state index contributed by atoms with van der Waals surface area (Å²) < 4.78 is 6.08. The van der Waals surface area contributed by atoms with Crippen molar-refractivity contribution in [2.75, 3.05) is 24.8 Å². The van der Waals surface area contributed by atoms with E-state index in [1.807, 2.05) is 0 Å². The highest BCUT2D eigenvalue weighted by Gasteiger charge is 2.18. The molecule has 0 aliphatic heterocycles. The molecule has 3 heteroatoms. The molecule has 0 saturated carbocycles. The third-order valence-electron chi connectivity index (χ3n) is 1.66. The Bertz CT molecular complexity index is 101. The molecule has 0 spiro atoms. The third-order valence-corrected chi connectivity index (χ3v) is 2.48. The van der Waals surface area contributed by atoms with Gasteiger partial charge in [0.25, 0.3) is 0 Å². The normalized spacial score (nSPS) is 12.5. The van der Waals surface area contributed by atoms with Crippen molar-refractivity contribution in [1.29, 1.82) is 0 Å². The van der Waals surface area contributed by atoms with Gasteiger partial charge in [0, 0.05) is 19.2 Å². The summed E-state index contributed by atoms with van der Waals surface area (Å²) in [7, 11) is 1.74. The van der Waals surface area contributed by atoms with Crippen LogP contribution in [-0.2, 0) is 4.74 Å². The Morgan fingerprint density at radius 1 is 1.36 bits per heavy atom. The van der Waals surface area contributed by atoms with E-state index in [1.165, 1.54) is 0 Å². The van der Waals surface area contributed by atoms with Gasteiger partial charge >= 0.3 is 0 Å². The van der Waals surface area contributed by atoms with Crippen molar-refractivity contribution in [2.45, 2.75) is 26.3 Å². The number of ether oxygens (including phenoxy) is 1. The van der Waals surface area contributed by atoms with Gasteiger partial charge in [0.15, 0.2) is 0 Å². The van der Waals surface area contributed by atoms with Gasteiger partial charge in [-0.05, 0) is 20.8 Å². The third kappa shape index (κ3) is 4.98. The Labute approximate surface area is 83.4 Å². The number of halogens is 1. The smallest absolute Gasteiger partial charge is 0.0590 e. The molecule has 0 amide bonds. The van der Waals surface area contributed by atoms with E-state index in [0.717, 1.165) is 17.7 Å². The summed E-state index contributed by atoms with van der Waals surface area (Å²) in [5.74, 6) is 0. The second-order valence-corrected chi connectivity index (χ2v) is 4.23. The first-order chi connectivity index (χ1) is 5.02. The molecule has 0 saturated heterocycles. The van der Waals surface area contributed by atoms with Crippen molar-refractivity contribution in [3.63, 3.8) is 0 Å². The number of nitrogens with zero attached hydrogens (tertiary/aromatic N) is 1. The lowest BCUT2D eigenvalue weighted by Crippen LogP contribution is -2.42. The lowest BCUT2D eigenvalue weighted by atomic mass is 10.1. The Kier molecular flexibility index (Phi) is 5.64. The summed E-state index contributed by atoms with van der Waals surface area (Å²) in [6.45, 7) is 8.51. The summed E-state index contributed by atoms with van der Waals surface area (Å²) in [6, 6.07) is 0. The minimum atomic E-state index is 0.264. The molecule has 0 rings (SSSR count). The van der Waals surface area contributed by atoms with Crippen molar-refractivity contribution >= 4 is 22.6 Å². The molecular formula is C8H18INO. The van der Waals surface area contributed by atoms with Crippen molar-refractivity contribution < 1.29 is 4.74 Å². The average Bonchev–Trinajstić information content (AvgIpc) is 1.87. The van der Waals surface area contributed by atoms with Crippen LogP contribution in [0.1, 0.15) is 20.8 Å². The maximum absolute atomic E-state index is 5.02. The van der Waals surface area contributed by atoms with Gasteiger partial charge < -0.3 is 4.74 Å². The number of rotatable bonds is 4. The molecular weight excluding hydrogens is 253 g/mol. The van der Waals surface area contributed by atoms with E-state index in [1.54, 1.807) is 7.11 Å². The minimum Gasteiger partial charge on any atom is -0.383 e. The predicted molar refractivity (Wildman–Crippen MR) is 57.2 cm³/mol. The highest BCUT2D eigenvalue weighted by atomic mass is 127. The van der Waals surface area contributed by atoms with Crippen LogP contribution in [0.15, 0.2) is 0 Å². The lowest BCUT2D eigenvalue weighted by molar-refractivity contribution is 0.108. The Morgan fingerprint density at radius 3 is 2.18 bits per heavy atom. The first kappa shape index (κ1) is 11.6. The molecule has 0 heterocycles. The number of methoxy groups -OCH3 is 1. The van der Waals surface area contributed by atoms with Gasteiger partial charge in [-0.1, -0.05) is 22.6 Å². The van der Waals surface area contributed by atoms with Crippen LogP contribution < -0.4 is 0 Å². The Balaban J connectivity index is 3.76. The predicted octanol–water partition coefficient (Wildman–Crippen LogP) is 2.13. The number of alkyl halides is 1. The first-order valence-corrected chi connectivity index (χ1v) is 5.35. The Hall–Kier alpha value is 0.650. The van der Waals surface area contributed by atoms with E-state index in [4.69, 9.17) is 4.74 Å². The molecule has 0 bridgehead atoms. The zero-order valence-electron chi connectivity index (χ0n) is 7.85. The van der Waals surface area contributed by atoms with Gasteiger partial charge in [-0.3, -0.25) is 4.90 Å². The van der Waals surface area contributed by atoms with Gasteiger partial charge in [-0.25, -0.2) is 0 Å².